The van der Waals surface area contributed by atoms with Crippen molar-refractivity contribution in [2.24, 2.45) is 0 Å². The number of nitrogens with zero attached hydrogens (tertiary/aromatic N) is 4. The van der Waals surface area contributed by atoms with Crippen molar-refractivity contribution in [3.63, 3.8) is 0 Å². The van der Waals surface area contributed by atoms with Crippen molar-refractivity contribution in [2.75, 3.05) is 10.8 Å². The van der Waals surface area contributed by atoms with Crippen LogP contribution < -0.4 is 4.31 Å². The van der Waals surface area contributed by atoms with Crippen molar-refractivity contribution >= 4 is 35.4 Å². The van der Waals surface area contributed by atoms with Crippen LogP contribution in [0.15, 0.2) is 48.9 Å². The summed E-state index contributed by atoms with van der Waals surface area (Å²) in [6.07, 6.45) is 8.60. The Morgan fingerprint density at radius 2 is 2.17 bits per heavy atom. The lowest BCUT2D eigenvalue weighted by Crippen LogP contribution is -2.20. The van der Waals surface area contributed by atoms with Gasteiger partial charge in [0.25, 0.3) is 0 Å². The molecule has 4 heterocycles. The molecule has 0 unspecified atom stereocenters. The highest BCUT2D eigenvalue weighted by molar-refractivity contribution is 7.81. The van der Waals surface area contributed by atoms with E-state index in [4.69, 9.17) is 4.98 Å². The monoisotopic (exact) mass is 352 g/mol. The molecule has 0 fully saturated rings. The van der Waals surface area contributed by atoms with Gasteiger partial charge in [0.15, 0.2) is 0 Å². The summed E-state index contributed by atoms with van der Waals surface area (Å²) in [6.45, 7) is 2.97. The first-order chi connectivity index (χ1) is 11.8. The van der Waals surface area contributed by atoms with Crippen molar-refractivity contribution in [1.29, 1.82) is 0 Å². The smallest absolute Gasteiger partial charge is 0.125 e. The number of aromatic nitrogens is 3. The van der Waals surface area contributed by atoms with Gasteiger partial charge in [0.1, 0.15) is 5.01 Å². The largest absolute Gasteiger partial charge is 0.316 e. The number of pyridine rings is 2. The molecule has 6 heteroatoms. The van der Waals surface area contributed by atoms with Gasteiger partial charge in [0, 0.05) is 30.7 Å². The Morgan fingerprint density at radius 1 is 1.25 bits per heavy atom. The van der Waals surface area contributed by atoms with Crippen LogP contribution in [0.1, 0.15) is 19.0 Å². The molecular formula is C18H16N4S2. The molecule has 0 spiro atoms. The fourth-order valence-electron chi connectivity index (χ4n) is 2.80. The molecule has 0 bridgehead atoms. The van der Waals surface area contributed by atoms with E-state index < -0.39 is 0 Å². The number of allylic oxidation sites excluding steroid dienone is 1. The standard InChI is InChI=1S/C18H16N4S2/c1-2-12-7-9-22(23)15-6-5-14(21-17(12)15)16-11-20-18(24-16)13-4-3-8-19-10-13/h2-6,8,10-11,23H,7,9H2,1H3/b12-2-. The first-order valence-corrected chi connectivity index (χ1v) is 8.97. The minimum absolute atomic E-state index is 0.905. The van der Waals surface area contributed by atoms with E-state index in [1.54, 1.807) is 17.5 Å². The molecule has 0 amide bonds. The maximum absolute atomic E-state index is 4.89. The molecular weight excluding hydrogens is 336 g/mol. The number of thiazole rings is 1. The summed E-state index contributed by atoms with van der Waals surface area (Å²) in [6, 6.07) is 8.08. The van der Waals surface area contributed by atoms with Crippen molar-refractivity contribution in [3.05, 3.63) is 54.6 Å². The Labute approximate surface area is 150 Å². The molecule has 4 nitrogen and oxygen atoms in total. The molecule has 0 atom stereocenters. The second-order valence-electron chi connectivity index (χ2n) is 5.52. The van der Waals surface area contributed by atoms with E-state index in [1.165, 1.54) is 5.57 Å². The van der Waals surface area contributed by atoms with Crippen LogP contribution in [-0.2, 0) is 0 Å². The molecule has 24 heavy (non-hydrogen) atoms. The normalized spacial score (nSPS) is 15.6. The lowest BCUT2D eigenvalue weighted by Gasteiger charge is -2.27. The minimum atomic E-state index is 0.905. The molecule has 3 aromatic rings. The Balaban J connectivity index is 1.75. The summed E-state index contributed by atoms with van der Waals surface area (Å²) in [5.74, 6) is 0. The molecule has 4 rings (SSSR count). The zero-order chi connectivity index (χ0) is 16.5. The van der Waals surface area contributed by atoms with E-state index in [0.717, 1.165) is 45.5 Å². The summed E-state index contributed by atoms with van der Waals surface area (Å²) < 4.78 is 1.97. The van der Waals surface area contributed by atoms with Crippen LogP contribution in [0.3, 0.4) is 0 Å². The van der Waals surface area contributed by atoms with Crippen LogP contribution in [0.25, 0.3) is 26.7 Å². The minimum Gasteiger partial charge on any atom is -0.316 e. The fourth-order valence-corrected chi connectivity index (χ4v) is 3.93. The van der Waals surface area contributed by atoms with Crippen LogP contribution in [0.4, 0.5) is 5.69 Å². The van der Waals surface area contributed by atoms with E-state index >= 15 is 0 Å². The summed E-state index contributed by atoms with van der Waals surface area (Å²) in [7, 11) is 0. The predicted molar refractivity (Wildman–Crippen MR) is 103 cm³/mol. The van der Waals surface area contributed by atoms with Gasteiger partial charge in [-0.25, -0.2) is 9.97 Å². The number of hydrogen-bond acceptors (Lipinski definition) is 6. The zero-order valence-electron chi connectivity index (χ0n) is 13.2. The maximum Gasteiger partial charge on any atom is 0.125 e. The number of thiol groups is 1. The molecule has 120 valence electrons. The first kappa shape index (κ1) is 15.4. The Hall–Kier alpha value is -2.18. The summed E-state index contributed by atoms with van der Waals surface area (Å²) >= 11 is 6.18. The lowest BCUT2D eigenvalue weighted by atomic mass is 10.0. The van der Waals surface area contributed by atoms with E-state index in [2.05, 4.69) is 41.8 Å². The number of anilines is 1. The first-order valence-electron chi connectivity index (χ1n) is 7.76. The highest BCUT2D eigenvalue weighted by Gasteiger charge is 2.20. The van der Waals surface area contributed by atoms with Gasteiger partial charge in [-0.2, -0.15) is 0 Å². The van der Waals surface area contributed by atoms with Gasteiger partial charge < -0.3 is 4.31 Å². The third-order valence-corrected chi connectivity index (χ3v) is 5.55. The van der Waals surface area contributed by atoms with E-state index in [1.807, 2.05) is 34.9 Å². The highest BCUT2D eigenvalue weighted by Crippen LogP contribution is 2.37. The van der Waals surface area contributed by atoms with Crippen molar-refractivity contribution < 1.29 is 0 Å². The topological polar surface area (TPSA) is 41.9 Å². The lowest BCUT2D eigenvalue weighted by molar-refractivity contribution is 0.964. The van der Waals surface area contributed by atoms with Crippen LogP contribution in [0.2, 0.25) is 0 Å². The van der Waals surface area contributed by atoms with Crippen LogP contribution in [0, 0.1) is 0 Å². The molecule has 0 saturated heterocycles. The van der Waals surface area contributed by atoms with Crippen molar-refractivity contribution in [3.8, 4) is 21.1 Å². The third kappa shape index (κ3) is 2.72. The number of hydrogen-bond donors (Lipinski definition) is 1. The summed E-state index contributed by atoms with van der Waals surface area (Å²) in [4.78, 5) is 14.6. The Bertz CT molecular complexity index is 902. The predicted octanol–water partition coefficient (Wildman–Crippen LogP) is 4.73. The Morgan fingerprint density at radius 3 is 2.96 bits per heavy atom. The van der Waals surface area contributed by atoms with Crippen LogP contribution in [0.5, 0.6) is 0 Å². The van der Waals surface area contributed by atoms with Gasteiger partial charge in [-0.1, -0.05) is 18.9 Å². The molecule has 0 aliphatic carbocycles. The molecule has 0 radical (unpaired) electrons. The summed E-state index contributed by atoms with van der Waals surface area (Å²) in [5.41, 5.74) is 5.34. The quantitative estimate of drug-likeness (QED) is 0.677. The molecule has 0 N–H and O–H groups in total. The summed E-state index contributed by atoms with van der Waals surface area (Å²) in [5, 5.41) is 0.958. The van der Waals surface area contributed by atoms with Gasteiger partial charge in [-0.15, -0.1) is 11.3 Å². The fraction of sp³-hybridized carbons (Fsp3) is 0.167. The third-order valence-electron chi connectivity index (χ3n) is 4.06. The van der Waals surface area contributed by atoms with Crippen molar-refractivity contribution in [2.45, 2.75) is 13.3 Å². The zero-order valence-corrected chi connectivity index (χ0v) is 14.9. The second kappa shape index (κ2) is 6.37. The molecule has 1 aliphatic heterocycles. The van der Waals surface area contributed by atoms with Gasteiger partial charge in [0.2, 0.25) is 0 Å². The van der Waals surface area contributed by atoms with Gasteiger partial charge in [-0.05, 0) is 43.2 Å². The van der Waals surface area contributed by atoms with E-state index in [9.17, 15) is 0 Å². The van der Waals surface area contributed by atoms with E-state index in [0.29, 0.717) is 0 Å². The van der Waals surface area contributed by atoms with Crippen molar-refractivity contribution in [1.82, 2.24) is 15.0 Å². The maximum atomic E-state index is 4.89. The average Bonchev–Trinajstić information content (AvgIpc) is 3.13. The number of fused-ring (bicyclic) bond motifs is 1. The molecule has 1 aliphatic rings. The molecule has 0 saturated carbocycles. The van der Waals surface area contributed by atoms with Gasteiger partial charge >= 0.3 is 0 Å². The average molecular weight is 352 g/mol. The van der Waals surface area contributed by atoms with Crippen LogP contribution in [-0.4, -0.2) is 21.5 Å². The highest BCUT2D eigenvalue weighted by atomic mass is 32.1. The van der Waals surface area contributed by atoms with Gasteiger partial charge in [-0.3, -0.25) is 4.98 Å². The van der Waals surface area contributed by atoms with E-state index in [-0.39, 0.29) is 0 Å². The number of rotatable bonds is 2. The SMILES string of the molecule is C/C=C1/CCN(S)c2ccc(-c3cnc(-c4cccnc4)s3)nc21. The Kier molecular flexibility index (Phi) is 4.08. The second-order valence-corrected chi connectivity index (χ2v) is 7.04. The molecule has 3 aromatic heterocycles. The van der Waals surface area contributed by atoms with Crippen LogP contribution >= 0.6 is 24.2 Å². The molecule has 0 aromatic carbocycles. The van der Waals surface area contributed by atoms with Gasteiger partial charge in [0.05, 0.1) is 22.0 Å².